The third-order valence-corrected chi connectivity index (χ3v) is 5.74. The number of hydrogen-bond donors (Lipinski definition) is 0. The molecule has 0 bridgehead atoms. The van der Waals surface area contributed by atoms with E-state index in [1.807, 2.05) is 61.5 Å². The largest absolute Gasteiger partial charge is 0.493 e. The molecule has 33 heavy (non-hydrogen) atoms. The standard InChI is InChI=1S/C26H33N3O4/c1-6-28(7-2)17-19(3)26(30)29(18-20-13-14-23(31-4)24(15-20)32-5)25-16-22(27-33-25)21-11-9-8-10-12-21/h8-16,19H,6-7,17-18H2,1-5H3. The van der Waals surface area contributed by atoms with Crippen molar-refractivity contribution in [2.24, 2.45) is 5.92 Å². The molecule has 3 aromatic rings. The Kier molecular flexibility index (Phi) is 8.49. The molecule has 1 heterocycles. The molecule has 1 aromatic heterocycles. The van der Waals surface area contributed by atoms with Crippen molar-refractivity contribution in [3.63, 3.8) is 0 Å². The Labute approximate surface area is 195 Å². The minimum Gasteiger partial charge on any atom is -0.493 e. The summed E-state index contributed by atoms with van der Waals surface area (Å²) in [4.78, 5) is 17.5. The summed E-state index contributed by atoms with van der Waals surface area (Å²) in [5.74, 6) is 1.43. The van der Waals surface area contributed by atoms with Crippen LogP contribution in [0.2, 0.25) is 0 Å². The van der Waals surface area contributed by atoms with Gasteiger partial charge in [0.05, 0.1) is 20.8 Å². The van der Waals surface area contributed by atoms with E-state index in [1.54, 1.807) is 19.1 Å². The van der Waals surface area contributed by atoms with Crippen LogP contribution in [0.15, 0.2) is 59.1 Å². The zero-order valence-electron chi connectivity index (χ0n) is 20.1. The van der Waals surface area contributed by atoms with Crippen molar-refractivity contribution in [1.82, 2.24) is 10.1 Å². The second kappa shape index (κ2) is 11.5. The van der Waals surface area contributed by atoms with Gasteiger partial charge >= 0.3 is 0 Å². The van der Waals surface area contributed by atoms with Crippen molar-refractivity contribution in [1.29, 1.82) is 0 Å². The van der Waals surface area contributed by atoms with E-state index >= 15 is 0 Å². The van der Waals surface area contributed by atoms with Crippen LogP contribution in [-0.2, 0) is 11.3 Å². The first kappa shape index (κ1) is 24.3. The van der Waals surface area contributed by atoms with Gasteiger partial charge in [0.2, 0.25) is 11.8 Å². The number of rotatable bonds is 11. The molecular formula is C26H33N3O4. The van der Waals surface area contributed by atoms with Crippen LogP contribution < -0.4 is 14.4 Å². The van der Waals surface area contributed by atoms with Crippen LogP contribution in [0.4, 0.5) is 5.88 Å². The molecule has 0 aliphatic heterocycles. The number of aromatic nitrogens is 1. The van der Waals surface area contributed by atoms with Gasteiger partial charge in [-0.2, -0.15) is 0 Å². The molecule has 0 saturated carbocycles. The number of ether oxygens (including phenoxy) is 2. The highest BCUT2D eigenvalue weighted by Gasteiger charge is 2.27. The fourth-order valence-electron chi connectivity index (χ4n) is 3.78. The van der Waals surface area contributed by atoms with Crippen LogP contribution in [0.1, 0.15) is 26.3 Å². The average Bonchev–Trinajstić information content (AvgIpc) is 3.35. The molecule has 2 aromatic carbocycles. The number of hydrogen-bond acceptors (Lipinski definition) is 6. The van der Waals surface area contributed by atoms with Crippen molar-refractivity contribution in [2.75, 3.05) is 38.8 Å². The smallest absolute Gasteiger partial charge is 0.234 e. The fourth-order valence-corrected chi connectivity index (χ4v) is 3.78. The first-order valence-electron chi connectivity index (χ1n) is 11.3. The lowest BCUT2D eigenvalue weighted by Crippen LogP contribution is -2.40. The van der Waals surface area contributed by atoms with Gasteiger partial charge in [-0.15, -0.1) is 0 Å². The Hall–Kier alpha value is -3.32. The Morgan fingerprint density at radius 2 is 1.70 bits per heavy atom. The molecule has 1 unspecified atom stereocenters. The van der Waals surface area contributed by atoms with Crippen LogP contribution in [0, 0.1) is 5.92 Å². The van der Waals surface area contributed by atoms with E-state index in [0.717, 1.165) is 24.2 Å². The zero-order chi connectivity index (χ0) is 23.8. The molecule has 1 amide bonds. The predicted octanol–water partition coefficient (Wildman–Crippen LogP) is 4.87. The van der Waals surface area contributed by atoms with Gasteiger partial charge in [0, 0.05) is 24.1 Å². The van der Waals surface area contributed by atoms with E-state index in [0.29, 0.717) is 36.2 Å². The second-order valence-corrected chi connectivity index (χ2v) is 7.92. The molecular weight excluding hydrogens is 418 g/mol. The molecule has 0 saturated heterocycles. The maximum Gasteiger partial charge on any atom is 0.234 e. The van der Waals surface area contributed by atoms with Crippen molar-refractivity contribution >= 4 is 11.8 Å². The minimum atomic E-state index is -0.213. The topological polar surface area (TPSA) is 68.0 Å². The maximum absolute atomic E-state index is 13.6. The molecule has 176 valence electrons. The Bertz CT molecular complexity index is 1030. The maximum atomic E-state index is 13.6. The summed E-state index contributed by atoms with van der Waals surface area (Å²) in [6.45, 7) is 8.94. The van der Waals surface area contributed by atoms with Crippen LogP contribution in [-0.4, -0.2) is 49.8 Å². The van der Waals surface area contributed by atoms with Crippen molar-refractivity contribution in [3.05, 3.63) is 60.2 Å². The molecule has 1 atom stereocenters. The molecule has 0 radical (unpaired) electrons. The minimum absolute atomic E-state index is 0.0209. The number of carbonyl (C=O) groups excluding carboxylic acids is 1. The van der Waals surface area contributed by atoms with Gasteiger partial charge in [0.25, 0.3) is 0 Å². The molecule has 0 fully saturated rings. The zero-order valence-corrected chi connectivity index (χ0v) is 20.1. The molecule has 0 aliphatic carbocycles. The van der Waals surface area contributed by atoms with E-state index in [1.165, 1.54) is 0 Å². The normalized spacial score (nSPS) is 11.9. The summed E-state index contributed by atoms with van der Waals surface area (Å²) >= 11 is 0. The summed E-state index contributed by atoms with van der Waals surface area (Å²) in [6.07, 6.45) is 0. The third-order valence-electron chi connectivity index (χ3n) is 5.74. The molecule has 7 heteroatoms. The number of benzene rings is 2. The average molecular weight is 452 g/mol. The summed E-state index contributed by atoms with van der Waals surface area (Å²) < 4.78 is 16.5. The van der Waals surface area contributed by atoms with Crippen LogP contribution in [0.5, 0.6) is 11.5 Å². The third kappa shape index (κ3) is 5.93. The lowest BCUT2D eigenvalue weighted by Gasteiger charge is -2.27. The SMILES string of the molecule is CCN(CC)CC(C)C(=O)N(Cc1ccc(OC)c(OC)c1)c1cc(-c2ccccc2)no1. The van der Waals surface area contributed by atoms with E-state index in [9.17, 15) is 4.79 Å². The number of carbonyl (C=O) groups is 1. The Balaban J connectivity index is 1.93. The number of methoxy groups -OCH3 is 2. The van der Waals surface area contributed by atoms with Crippen molar-refractivity contribution in [3.8, 4) is 22.8 Å². The van der Waals surface area contributed by atoms with Gasteiger partial charge in [0.15, 0.2) is 11.5 Å². The molecule has 0 spiro atoms. The van der Waals surface area contributed by atoms with Gasteiger partial charge in [0.1, 0.15) is 5.69 Å². The van der Waals surface area contributed by atoms with Gasteiger partial charge in [-0.3, -0.25) is 9.69 Å². The van der Waals surface area contributed by atoms with Gasteiger partial charge in [-0.25, -0.2) is 0 Å². The summed E-state index contributed by atoms with van der Waals surface area (Å²) in [7, 11) is 3.20. The quantitative estimate of drug-likeness (QED) is 0.414. The van der Waals surface area contributed by atoms with E-state index < -0.39 is 0 Å². The first-order valence-corrected chi connectivity index (χ1v) is 11.3. The highest BCUT2D eigenvalue weighted by atomic mass is 16.5. The number of anilines is 1. The van der Waals surface area contributed by atoms with Crippen molar-refractivity contribution < 1.29 is 18.8 Å². The van der Waals surface area contributed by atoms with Crippen LogP contribution in [0.25, 0.3) is 11.3 Å². The van der Waals surface area contributed by atoms with E-state index in [4.69, 9.17) is 14.0 Å². The second-order valence-electron chi connectivity index (χ2n) is 7.92. The van der Waals surface area contributed by atoms with Gasteiger partial charge < -0.3 is 18.9 Å². The molecule has 0 N–H and O–H groups in total. The van der Waals surface area contributed by atoms with Crippen molar-refractivity contribution in [2.45, 2.75) is 27.3 Å². The van der Waals surface area contributed by atoms with E-state index in [2.05, 4.69) is 23.9 Å². The number of amides is 1. The molecule has 3 rings (SSSR count). The van der Waals surface area contributed by atoms with Crippen LogP contribution in [0.3, 0.4) is 0 Å². The molecule has 7 nitrogen and oxygen atoms in total. The summed E-state index contributed by atoms with van der Waals surface area (Å²) in [5, 5.41) is 4.22. The molecule has 0 aliphatic rings. The number of nitrogens with zero attached hydrogens (tertiary/aromatic N) is 3. The van der Waals surface area contributed by atoms with E-state index in [-0.39, 0.29) is 11.8 Å². The Morgan fingerprint density at radius 1 is 1.00 bits per heavy atom. The highest BCUT2D eigenvalue weighted by molar-refractivity contribution is 5.94. The Morgan fingerprint density at radius 3 is 2.33 bits per heavy atom. The monoisotopic (exact) mass is 451 g/mol. The van der Waals surface area contributed by atoms with Gasteiger partial charge in [-0.05, 0) is 30.8 Å². The predicted molar refractivity (Wildman–Crippen MR) is 130 cm³/mol. The lowest BCUT2D eigenvalue weighted by atomic mass is 10.1. The summed E-state index contributed by atoms with van der Waals surface area (Å²) in [5.41, 5.74) is 2.52. The highest BCUT2D eigenvalue weighted by Crippen LogP contribution is 2.30. The first-order chi connectivity index (χ1) is 16.0. The summed E-state index contributed by atoms with van der Waals surface area (Å²) in [6, 6.07) is 17.2. The fraction of sp³-hybridized carbons (Fsp3) is 0.385. The lowest BCUT2D eigenvalue weighted by molar-refractivity contribution is -0.122. The van der Waals surface area contributed by atoms with Crippen LogP contribution >= 0.6 is 0 Å². The van der Waals surface area contributed by atoms with Gasteiger partial charge in [-0.1, -0.05) is 62.3 Å².